The molecule has 0 heterocycles. The van der Waals surface area contributed by atoms with Gasteiger partial charge in [-0.1, -0.05) is 164 Å². The van der Waals surface area contributed by atoms with Gasteiger partial charge in [-0.3, -0.25) is 0 Å². The second-order valence-electron chi connectivity index (χ2n) is 24.4. The van der Waals surface area contributed by atoms with Crippen LogP contribution in [0.4, 0.5) is 17.1 Å². The van der Waals surface area contributed by atoms with Gasteiger partial charge >= 0.3 is 0 Å². The van der Waals surface area contributed by atoms with Crippen LogP contribution in [0.15, 0.2) is 200 Å². The molecule has 8 bridgehead atoms. The molecule has 10 aliphatic carbocycles. The Morgan fingerprint density at radius 1 is 0.284 bits per heavy atom. The summed E-state index contributed by atoms with van der Waals surface area (Å²) in [4.78, 5) is 2.47. The third-order valence-electron chi connectivity index (χ3n) is 20.5. The van der Waals surface area contributed by atoms with Gasteiger partial charge < -0.3 is 4.90 Å². The predicted molar refractivity (Wildman–Crippen MR) is 305 cm³/mol. The Morgan fingerprint density at radius 2 is 0.676 bits per heavy atom. The van der Waals surface area contributed by atoms with Gasteiger partial charge in [0.2, 0.25) is 0 Å². The van der Waals surface area contributed by atoms with Crippen molar-refractivity contribution in [1.29, 1.82) is 0 Å². The highest BCUT2D eigenvalue weighted by Gasteiger charge is 2.55. The van der Waals surface area contributed by atoms with Crippen molar-refractivity contribution in [1.82, 2.24) is 0 Å². The van der Waals surface area contributed by atoms with Gasteiger partial charge in [0.05, 0.1) is 5.41 Å². The van der Waals surface area contributed by atoms with Crippen LogP contribution in [0.1, 0.15) is 132 Å². The summed E-state index contributed by atoms with van der Waals surface area (Å²) in [6, 6.07) is 77.7. The molecule has 4 unspecified atom stereocenters. The zero-order valence-corrected chi connectivity index (χ0v) is 42.2. The zero-order valence-electron chi connectivity index (χ0n) is 42.2. The fourth-order valence-electron chi connectivity index (χ4n) is 18.0. The van der Waals surface area contributed by atoms with Crippen LogP contribution in [0.25, 0.3) is 55.6 Å². The van der Waals surface area contributed by atoms with E-state index in [-0.39, 0.29) is 5.41 Å². The normalized spacial score (nSPS) is 25.1. The third kappa shape index (κ3) is 6.05. The molecule has 19 rings (SSSR count). The molecule has 4 fully saturated rings. The number of rotatable bonds is 6. The largest absolute Gasteiger partial charge is 0.311 e. The second kappa shape index (κ2) is 15.9. The first-order chi connectivity index (χ1) is 36.6. The van der Waals surface area contributed by atoms with Crippen molar-refractivity contribution in [2.24, 2.45) is 23.7 Å². The van der Waals surface area contributed by atoms with E-state index in [0.717, 1.165) is 35.0 Å². The van der Waals surface area contributed by atoms with Crippen LogP contribution < -0.4 is 4.90 Å². The smallest absolute Gasteiger partial charge is 0.0725 e. The number of hydrogen-bond acceptors (Lipinski definition) is 1. The summed E-state index contributed by atoms with van der Waals surface area (Å²) in [6.45, 7) is 0. The Bertz CT molecular complexity index is 3560. The molecule has 1 spiro atoms. The molecule has 9 aromatic rings. The van der Waals surface area contributed by atoms with Crippen LogP contribution >= 0.6 is 0 Å². The molecule has 1 heteroatoms. The van der Waals surface area contributed by atoms with E-state index in [1.54, 1.807) is 44.5 Å². The summed E-state index contributed by atoms with van der Waals surface area (Å²) >= 11 is 0. The van der Waals surface area contributed by atoms with Gasteiger partial charge in [-0.15, -0.1) is 0 Å². The van der Waals surface area contributed by atoms with Crippen LogP contribution in [0.2, 0.25) is 0 Å². The molecule has 0 radical (unpaired) electrons. The lowest BCUT2D eigenvalue weighted by molar-refractivity contribution is 0.165. The van der Waals surface area contributed by atoms with Gasteiger partial charge in [-0.05, 0) is 248 Å². The Balaban J connectivity index is 0.901. The van der Waals surface area contributed by atoms with E-state index in [1.165, 1.54) is 126 Å². The molecular formula is C73H61N. The molecule has 9 aromatic carbocycles. The maximum absolute atomic E-state index is 2.87. The van der Waals surface area contributed by atoms with Crippen molar-refractivity contribution >= 4 is 17.1 Å². The highest BCUT2D eigenvalue weighted by molar-refractivity contribution is 6.02. The molecule has 0 aromatic heterocycles. The second-order valence-corrected chi connectivity index (χ2v) is 24.4. The molecule has 10 aliphatic rings. The summed E-state index contributed by atoms with van der Waals surface area (Å²) in [5.41, 5.74) is 29.9. The summed E-state index contributed by atoms with van der Waals surface area (Å²) in [7, 11) is 0. The van der Waals surface area contributed by atoms with Crippen molar-refractivity contribution in [2.75, 3.05) is 4.90 Å². The quantitative estimate of drug-likeness (QED) is 0.161. The zero-order chi connectivity index (χ0) is 48.2. The van der Waals surface area contributed by atoms with E-state index in [4.69, 9.17) is 0 Å². The molecule has 358 valence electrons. The molecule has 1 nitrogen and oxygen atoms in total. The molecule has 4 saturated carbocycles. The molecule has 0 amide bonds. The number of fused-ring (bicyclic) bond motifs is 10. The van der Waals surface area contributed by atoms with E-state index in [0.29, 0.717) is 23.7 Å². The van der Waals surface area contributed by atoms with Crippen LogP contribution in [0, 0.1) is 23.7 Å². The topological polar surface area (TPSA) is 3.24 Å². The van der Waals surface area contributed by atoms with Gasteiger partial charge in [0.1, 0.15) is 0 Å². The highest BCUT2D eigenvalue weighted by atomic mass is 15.1. The summed E-state index contributed by atoms with van der Waals surface area (Å²) < 4.78 is 0. The Morgan fingerprint density at radius 3 is 1.18 bits per heavy atom. The van der Waals surface area contributed by atoms with E-state index >= 15 is 0 Å². The minimum atomic E-state index is -0.363. The van der Waals surface area contributed by atoms with Gasteiger partial charge in [-0.2, -0.15) is 0 Å². The molecule has 0 saturated heterocycles. The fourth-order valence-corrected chi connectivity index (χ4v) is 18.0. The average Bonchev–Trinajstić information content (AvgIpc) is 3.75. The molecule has 74 heavy (non-hydrogen) atoms. The summed E-state index contributed by atoms with van der Waals surface area (Å²) in [6.07, 6.45) is 13.8. The Kier molecular flexibility index (Phi) is 9.06. The van der Waals surface area contributed by atoms with Crippen LogP contribution in [0.5, 0.6) is 0 Å². The first kappa shape index (κ1) is 42.2. The van der Waals surface area contributed by atoms with E-state index in [9.17, 15) is 0 Å². The average molecular weight is 952 g/mol. The van der Waals surface area contributed by atoms with Crippen molar-refractivity contribution in [3.8, 4) is 55.6 Å². The summed E-state index contributed by atoms with van der Waals surface area (Å²) in [5.74, 6) is 6.01. The van der Waals surface area contributed by atoms with Crippen molar-refractivity contribution in [3.05, 3.63) is 245 Å². The first-order valence-corrected chi connectivity index (χ1v) is 28.4. The van der Waals surface area contributed by atoms with Crippen LogP contribution in [-0.4, -0.2) is 0 Å². The number of benzene rings is 9. The van der Waals surface area contributed by atoms with Crippen molar-refractivity contribution < 1.29 is 0 Å². The molecule has 0 N–H and O–H groups in total. The van der Waals surface area contributed by atoms with Crippen LogP contribution in [0.3, 0.4) is 0 Å². The summed E-state index contributed by atoms with van der Waals surface area (Å²) in [5, 5.41) is 0. The molecule has 4 atom stereocenters. The molecular weight excluding hydrogens is 891 g/mol. The van der Waals surface area contributed by atoms with Gasteiger partial charge in [0.25, 0.3) is 0 Å². The fraction of sp³-hybridized carbons (Fsp3) is 0.260. The number of hydrogen-bond donors (Lipinski definition) is 0. The lowest BCUT2D eigenvalue weighted by Gasteiger charge is -2.38. The van der Waals surface area contributed by atoms with E-state index in [2.05, 4.69) is 205 Å². The Hall–Kier alpha value is -7.22. The van der Waals surface area contributed by atoms with Gasteiger partial charge in [-0.25, -0.2) is 0 Å². The Labute approximate surface area is 437 Å². The van der Waals surface area contributed by atoms with E-state index < -0.39 is 0 Å². The lowest BCUT2D eigenvalue weighted by Crippen LogP contribution is -2.27. The maximum Gasteiger partial charge on any atom is 0.0725 e. The van der Waals surface area contributed by atoms with Crippen molar-refractivity contribution in [3.63, 3.8) is 0 Å². The van der Waals surface area contributed by atoms with Crippen LogP contribution in [-0.2, 0) is 5.41 Å². The van der Waals surface area contributed by atoms with Crippen molar-refractivity contribution in [2.45, 2.75) is 93.3 Å². The van der Waals surface area contributed by atoms with E-state index in [1.807, 2.05) is 0 Å². The molecule has 0 aliphatic heterocycles. The monoisotopic (exact) mass is 951 g/mol. The van der Waals surface area contributed by atoms with Gasteiger partial charge in [0.15, 0.2) is 0 Å². The standard InChI is InChI=1S/C73H61N/c1-3-11-48(12-4-1)50-19-25-57(26-20-50)74(58-27-21-51(22-28-58)49-13-5-2-6-14-49)59-29-23-52(24-30-59)71-70-56-39-46-32-47(40-56)38-55(37-46)64(70)43-69-72(71)65-41-62-53-33-44-31-45(34-53)36-54(35-44)63(62)42-68(65)73(69)66-17-9-7-15-60(66)61-16-8-10-18-67(61)73/h1-30,41-47,53-56H,31-40H2. The first-order valence-electron chi connectivity index (χ1n) is 28.4. The third-order valence-corrected chi connectivity index (χ3v) is 20.5. The van der Waals surface area contributed by atoms with Gasteiger partial charge in [0, 0.05) is 17.1 Å². The number of anilines is 3. The number of nitrogens with zero attached hydrogens (tertiary/aromatic N) is 1. The minimum absolute atomic E-state index is 0.363. The SMILES string of the molecule is c1ccc(-c2ccc(N(c3ccc(-c4ccccc4)cc3)c3ccc(-c4c5c(cc6c4C4CC7CC(CC6C7)C4)C4(c6ccccc6-c6ccccc64)c4cc6c(cc4-5)C4CC5CC(C4)CC6C5)cc3)cc2)cc1. The predicted octanol–water partition coefficient (Wildman–Crippen LogP) is 19.3. The minimum Gasteiger partial charge on any atom is -0.311 e. The maximum atomic E-state index is 2.87. The lowest BCUT2D eigenvalue weighted by atomic mass is 9.66. The highest BCUT2D eigenvalue weighted by Crippen LogP contribution is 2.69.